The molecule has 17 heavy (non-hydrogen) atoms. The highest BCUT2D eigenvalue weighted by molar-refractivity contribution is 7.15. The summed E-state index contributed by atoms with van der Waals surface area (Å²) in [6.07, 6.45) is 1.94. The van der Waals surface area contributed by atoms with Gasteiger partial charge in [-0.1, -0.05) is 18.3 Å². The Labute approximate surface area is 101 Å². The van der Waals surface area contributed by atoms with Crippen molar-refractivity contribution in [1.29, 1.82) is 0 Å². The van der Waals surface area contributed by atoms with Crippen LogP contribution < -0.4 is 5.32 Å². The summed E-state index contributed by atoms with van der Waals surface area (Å²) in [5, 5.41) is 11.5. The Bertz CT molecular complexity index is 525. The third-order valence-corrected chi connectivity index (χ3v) is 2.96. The molecule has 0 fully saturated rings. The van der Waals surface area contributed by atoms with Crippen LogP contribution in [0.25, 0.3) is 0 Å². The van der Waals surface area contributed by atoms with Gasteiger partial charge in [-0.15, -0.1) is 10.2 Å². The first-order chi connectivity index (χ1) is 8.19. The van der Waals surface area contributed by atoms with Crippen molar-refractivity contribution < 1.29 is 9.18 Å². The first-order valence-electron chi connectivity index (χ1n) is 4.94. The molecule has 0 spiro atoms. The molecule has 1 N–H and O–H groups in total. The second kappa shape index (κ2) is 4.96. The van der Waals surface area contributed by atoms with Gasteiger partial charge in [-0.2, -0.15) is 4.39 Å². The molecule has 0 bridgehead atoms. The summed E-state index contributed by atoms with van der Waals surface area (Å²) in [7, 11) is 0. The Balaban J connectivity index is 2.08. The number of nitrogens with zero attached hydrogens (tertiary/aromatic N) is 3. The Morgan fingerprint density at radius 3 is 2.88 bits per heavy atom. The standard InChI is InChI=1S/C10H9FN4OS/c1-2-8-14-15-10(17-8)13-9(16)6-3-4-7(11)12-5-6/h3-5H,2H2,1H3,(H,13,15,16). The second-order valence-corrected chi connectivity index (χ2v) is 4.24. The van der Waals surface area contributed by atoms with Crippen molar-refractivity contribution in [2.24, 2.45) is 0 Å². The second-order valence-electron chi connectivity index (χ2n) is 3.18. The van der Waals surface area contributed by atoms with E-state index in [1.807, 2.05) is 6.92 Å². The average molecular weight is 252 g/mol. The SMILES string of the molecule is CCc1nnc(NC(=O)c2ccc(F)nc2)s1. The Hall–Kier alpha value is -1.89. The van der Waals surface area contributed by atoms with Gasteiger partial charge in [0.25, 0.3) is 5.91 Å². The lowest BCUT2D eigenvalue weighted by molar-refractivity contribution is 0.102. The van der Waals surface area contributed by atoms with E-state index in [2.05, 4.69) is 20.5 Å². The predicted octanol–water partition coefficient (Wildman–Crippen LogP) is 1.89. The number of amides is 1. The van der Waals surface area contributed by atoms with E-state index < -0.39 is 5.95 Å². The van der Waals surface area contributed by atoms with Crippen LogP contribution in [-0.4, -0.2) is 21.1 Å². The Kier molecular flexibility index (Phi) is 3.38. The van der Waals surface area contributed by atoms with Crippen molar-refractivity contribution in [2.75, 3.05) is 5.32 Å². The van der Waals surface area contributed by atoms with Crippen LogP contribution in [0, 0.1) is 5.95 Å². The zero-order valence-electron chi connectivity index (χ0n) is 8.98. The van der Waals surface area contributed by atoms with Crippen molar-refractivity contribution in [2.45, 2.75) is 13.3 Å². The molecule has 0 aliphatic heterocycles. The van der Waals surface area contributed by atoms with Crippen molar-refractivity contribution in [3.8, 4) is 0 Å². The summed E-state index contributed by atoms with van der Waals surface area (Å²) in [6, 6.07) is 2.49. The van der Waals surface area contributed by atoms with E-state index in [4.69, 9.17) is 0 Å². The van der Waals surface area contributed by atoms with Crippen molar-refractivity contribution >= 4 is 22.4 Å². The molecular formula is C10H9FN4OS. The lowest BCUT2D eigenvalue weighted by Gasteiger charge is -1.99. The van der Waals surface area contributed by atoms with Crippen LogP contribution in [0.4, 0.5) is 9.52 Å². The van der Waals surface area contributed by atoms with E-state index in [0.717, 1.165) is 17.5 Å². The quantitative estimate of drug-likeness (QED) is 0.847. The van der Waals surface area contributed by atoms with Gasteiger partial charge in [-0.05, 0) is 18.6 Å². The topological polar surface area (TPSA) is 67.8 Å². The summed E-state index contributed by atoms with van der Waals surface area (Å²) < 4.78 is 12.6. The van der Waals surface area contributed by atoms with Gasteiger partial charge in [0, 0.05) is 6.20 Å². The average Bonchev–Trinajstić information content (AvgIpc) is 2.77. The number of anilines is 1. The maximum absolute atomic E-state index is 12.6. The van der Waals surface area contributed by atoms with Crippen LogP contribution in [0.1, 0.15) is 22.3 Å². The molecule has 7 heteroatoms. The molecule has 88 valence electrons. The number of carbonyl (C=O) groups is 1. The number of rotatable bonds is 3. The molecule has 0 aromatic carbocycles. The van der Waals surface area contributed by atoms with Crippen LogP contribution in [0.3, 0.4) is 0 Å². The van der Waals surface area contributed by atoms with Gasteiger partial charge < -0.3 is 0 Å². The zero-order chi connectivity index (χ0) is 12.3. The Morgan fingerprint density at radius 2 is 2.29 bits per heavy atom. The summed E-state index contributed by atoms with van der Waals surface area (Å²) in [5.41, 5.74) is 0.277. The highest BCUT2D eigenvalue weighted by Gasteiger charge is 2.09. The van der Waals surface area contributed by atoms with E-state index in [0.29, 0.717) is 5.13 Å². The number of pyridine rings is 1. The monoisotopic (exact) mass is 252 g/mol. The fourth-order valence-corrected chi connectivity index (χ4v) is 1.80. The molecule has 0 aliphatic rings. The normalized spacial score (nSPS) is 10.2. The first-order valence-corrected chi connectivity index (χ1v) is 5.76. The van der Waals surface area contributed by atoms with E-state index in [9.17, 15) is 9.18 Å². The van der Waals surface area contributed by atoms with Crippen LogP contribution in [0.5, 0.6) is 0 Å². The number of aromatic nitrogens is 3. The van der Waals surface area contributed by atoms with E-state index in [1.165, 1.54) is 23.6 Å². The van der Waals surface area contributed by atoms with Gasteiger partial charge in [0.15, 0.2) is 0 Å². The number of aryl methyl sites for hydroxylation is 1. The largest absolute Gasteiger partial charge is 0.296 e. The molecule has 5 nitrogen and oxygen atoms in total. The number of hydrogen-bond acceptors (Lipinski definition) is 5. The molecule has 2 aromatic rings. The van der Waals surface area contributed by atoms with Gasteiger partial charge in [0.2, 0.25) is 11.1 Å². The van der Waals surface area contributed by atoms with Crippen molar-refractivity contribution in [3.63, 3.8) is 0 Å². The van der Waals surface area contributed by atoms with Crippen LogP contribution >= 0.6 is 11.3 Å². The smallest absolute Gasteiger partial charge is 0.259 e. The van der Waals surface area contributed by atoms with Gasteiger partial charge in [-0.3, -0.25) is 10.1 Å². The van der Waals surface area contributed by atoms with Gasteiger partial charge in [0.05, 0.1) is 5.56 Å². The van der Waals surface area contributed by atoms with Gasteiger partial charge >= 0.3 is 0 Å². The van der Waals surface area contributed by atoms with Crippen LogP contribution in [0.15, 0.2) is 18.3 Å². The molecule has 0 atom stereocenters. The molecule has 0 unspecified atom stereocenters. The first kappa shape index (κ1) is 11.6. The molecule has 0 saturated heterocycles. The Morgan fingerprint density at radius 1 is 1.47 bits per heavy atom. The minimum absolute atomic E-state index is 0.277. The van der Waals surface area contributed by atoms with Crippen molar-refractivity contribution in [3.05, 3.63) is 34.8 Å². The molecule has 2 heterocycles. The molecule has 2 rings (SSSR count). The van der Waals surface area contributed by atoms with E-state index in [1.54, 1.807) is 0 Å². The zero-order valence-corrected chi connectivity index (χ0v) is 9.79. The fraction of sp³-hybridized carbons (Fsp3) is 0.200. The summed E-state index contributed by atoms with van der Waals surface area (Å²) in [6.45, 7) is 1.95. The predicted molar refractivity (Wildman–Crippen MR) is 61.4 cm³/mol. The molecule has 0 saturated carbocycles. The maximum Gasteiger partial charge on any atom is 0.259 e. The molecule has 0 radical (unpaired) electrons. The minimum atomic E-state index is -0.620. The molecule has 0 aliphatic carbocycles. The molecule has 1 amide bonds. The van der Waals surface area contributed by atoms with Crippen LogP contribution in [-0.2, 0) is 6.42 Å². The minimum Gasteiger partial charge on any atom is -0.296 e. The highest BCUT2D eigenvalue weighted by atomic mass is 32.1. The van der Waals surface area contributed by atoms with Crippen LogP contribution in [0.2, 0.25) is 0 Å². The third kappa shape index (κ3) is 2.82. The third-order valence-electron chi connectivity index (χ3n) is 1.98. The molecular weight excluding hydrogens is 243 g/mol. The lowest BCUT2D eigenvalue weighted by Crippen LogP contribution is -2.12. The summed E-state index contributed by atoms with van der Waals surface area (Å²) in [5.74, 6) is -0.998. The molecule has 2 aromatic heterocycles. The van der Waals surface area contributed by atoms with Gasteiger partial charge in [0.1, 0.15) is 5.01 Å². The summed E-state index contributed by atoms with van der Waals surface area (Å²) in [4.78, 5) is 15.1. The van der Waals surface area contributed by atoms with Crippen molar-refractivity contribution in [1.82, 2.24) is 15.2 Å². The van der Waals surface area contributed by atoms with Gasteiger partial charge in [-0.25, -0.2) is 4.98 Å². The highest BCUT2D eigenvalue weighted by Crippen LogP contribution is 2.16. The number of nitrogens with one attached hydrogen (secondary N) is 1. The number of halogens is 1. The fourth-order valence-electron chi connectivity index (χ4n) is 1.13. The summed E-state index contributed by atoms with van der Waals surface area (Å²) >= 11 is 1.31. The van der Waals surface area contributed by atoms with E-state index >= 15 is 0 Å². The number of hydrogen-bond donors (Lipinski definition) is 1. The maximum atomic E-state index is 12.6. The number of carbonyl (C=O) groups excluding carboxylic acids is 1. The lowest BCUT2D eigenvalue weighted by atomic mass is 10.3. The van der Waals surface area contributed by atoms with E-state index in [-0.39, 0.29) is 11.5 Å².